The molecule has 0 saturated carbocycles. The van der Waals surface area contributed by atoms with Crippen molar-refractivity contribution in [3.63, 3.8) is 0 Å². The smallest absolute Gasteiger partial charge is 0.128 e. The molecule has 2 aromatic carbocycles. The Kier molecular flexibility index (Phi) is 1.98. The molecule has 3 aromatic rings. The minimum atomic E-state index is 0.115. The van der Waals surface area contributed by atoms with Crippen molar-refractivity contribution in [2.45, 2.75) is 0 Å². The van der Waals surface area contributed by atoms with Crippen molar-refractivity contribution in [1.82, 2.24) is 15.2 Å². The van der Waals surface area contributed by atoms with Crippen molar-refractivity contribution in [2.75, 3.05) is 0 Å². The van der Waals surface area contributed by atoms with E-state index < -0.39 is 0 Å². The summed E-state index contributed by atoms with van der Waals surface area (Å²) in [6.45, 7) is 0. The van der Waals surface area contributed by atoms with Crippen LogP contribution < -0.4 is 0 Å². The number of aromatic hydroxyl groups is 1. The maximum absolute atomic E-state index is 9.91. The summed E-state index contributed by atoms with van der Waals surface area (Å²) in [7, 11) is 0. The lowest BCUT2D eigenvalue weighted by Crippen LogP contribution is -1.93. The monoisotopic (exact) mass is 227 g/mol. The molecule has 0 radical (unpaired) electrons. The molecule has 1 heterocycles. The van der Waals surface area contributed by atoms with Gasteiger partial charge in [0.05, 0.1) is 5.56 Å². The minimum absolute atomic E-state index is 0.115. The number of phenols is 1. The lowest BCUT2D eigenvalue weighted by Gasteiger charge is -2.04. The lowest BCUT2D eigenvalue weighted by atomic mass is 10.0. The van der Waals surface area contributed by atoms with Crippen LogP contribution in [0.3, 0.4) is 0 Å². The normalized spacial score (nSPS) is 10.8. The fraction of sp³-hybridized carbons (Fsp3) is 0. The van der Waals surface area contributed by atoms with Gasteiger partial charge in [-0.3, -0.25) is 0 Å². The zero-order valence-electron chi connectivity index (χ0n) is 8.78. The van der Waals surface area contributed by atoms with Gasteiger partial charge in [0.25, 0.3) is 0 Å². The van der Waals surface area contributed by atoms with Crippen molar-refractivity contribution < 1.29 is 10.3 Å². The molecule has 0 amide bonds. The first-order valence-corrected chi connectivity index (χ1v) is 5.09. The Labute approximate surface area is 96.5 Å². The summed E-state index contributed by atoms with van der Waals surface area (Å²) in [5.41, 5.74) is 2.40. The number of phenolic OH excluding ortho intramolecular Hbond substituents is 1. The fourth-order valence-electron chi connectivity index (χ4n) is 1.85. The molecule has 5 heteroatoms. The third kappa shape index (κ3) is 1.48. The zero-order chi connectivity index (χ0) is 11.8. The summed E-state index contributed by atoms with van der Waals surface area (Å²) < 4.78 is 0. The molecule has 0 aliphatic heterocycles. The number of fused-ring (bicyclic) bond motifs is 1. The molecule has 0 bridgehead atoms. The predicted octanol–water partition coefficient (Wildman–Crippen LogP) is 2.04. The van der Waals surface area contributed by atoms with Crippen LogP contribution in [0.2, 0.25) is 0 Å². The highest BCUT2D eigenvalue weighted by atomic mass is 16.5. The highest BCUT2D eigenvalue weighted by Gasteiger charge is 2.13. The Hall–Kier alpha value is -2.56. The van der Waals surface area contributed by atoms with Gasteiger partial charge in [-0.05, 0) is 22.7 Å². The summed E-state index contributed by atoms with van der Waals surface area (Å²) in [5.74, 6) is 0.115. The van der Waals surface area contributed by atoms with Crippen LogP contribution in [-0.4, -0.2) is 25.5 Å². The van der Waals surface area contributed by atoms with Crippen LogP contribution in [0.5, 0.6) is 5.75 Å². The van der Waals surface area contributed by atoms with Crippen LogP contribution in [0.4, 0.5) is 0 Å². The first kappa shape index (κ1) is 9.65. The van der Waals surface area contributed by atoms with E-state index in [9.17, 15) is 10.3 Å². The average molecular weight is 227 g/mol. The summed E-state index contributed by atoms with van der Waals surface area (Å²) >= 11 is 0. The van der Waals surface area contributed by atoms with Gasteiger partial charge in [-0.1, -0.05) is 30.3 Å². The molecule has 1 aromatic heterocycles. The van der Waals surface area contributed by atoms with E-state index in [4.69, 9.17) is 0 Å². The Morgan fingerprint density at radius 2 is 1.71 bits per heavy atom. The van der Waals surface area contributed by atoms with Gasteiger partial charge in [-0.25, -0.2) is 0 Å². The van der Waals surface area contributed by atoms with E-state index in [-0.39, 0.29) is 5.75 Å². The number of nitrogens with zero attached hydrogens (tertiary/aromatic N) is 3. The quantitative estimate of drug-likeness (QED) is 0.624. The predicted molar refractivity (Wildman–Crippen MR) is 61.8 cm³/mol. The third-order valence-electron chi connectivity index (χ3n) is 2.58. The maximum atomic E-state index is 9.91. The van der Waals surface area contributed by atoms with E-state index in [0.717, 1.165) is 5.56 Å². The number of rotatable bonds is 1. The topological polar surface area (TPSA) is 71.2 Å². The summed E-state index contributed by atoms with van der Waals surface area (Å²) in [5, 5.41) is 26.8. The maximum Gasteiger partial charge on any atom is 0.128 e. The van der Waals surface area contributed by atoms with E-state index in [1.54, 1.807) is 12.1 Å². The van der Waals surface area contributed by atoms with Gasteiger partial charge >= 0.3 is 0 Å². The Morgan fingerprint density at radius 3 is 2.47 bits per heavy atom. The highest BCUT2D eigenvalue weighted by molar-refractivity contribution is 5.94. The number of hydrogen-bond donors (Lipinski definition) is 2. The molecule has 0 aliphatic rings. The van der Waals surface area contributed by atoms with Crippen LogP contribution in [0.15, 0.2) is 42.5 Å². The van der Waals surface area contributed by atoms with Crippen molar-refractivity contribution in [1.29, 1.82) is 0 Å². The van der Waals surface area contributed by atoms with Gasteiger partial charge in [0.15, 0.2) is 0 Å². The molecule has 0 unspecified atom stereocenters. The second-order valence-corrected chi connectivity index (χ2v) is 3.66. The molecule has 0 spiro atoms. The van der Waals surface area contributed by atoms with Crippen LogP contribution in [0.25, 0.3) is 22.2 Å². The van der Waals surface area contributed by atoms with E-state index in [1.165, 1.54) is 0 Å². The third-order valence-corrected chi connectivity index (χ3v) is 2.58. The van der Waals surface area contributed by atoms with Gasteiger partial charge in [0.1, 0.15) is 16.8 Å². The summed E-state index contributed by atoms with van der Waals surface area (Å²) in [6.07, 6.45) is 0. The molecular weight excluding hydrogens is 218 g/mol. The molecule has 0 fully saturated rings. The Bertz CT molecular complexity index is 677. The largest absolute Gasteiger partial charge is 0.507 e. The van der Waals surface area contributed by atoms with Crippen LogP contribution in [-0.2, 0) is 0 Å². The number of hydrogen-bond acceptors (Lipinski definition) is 4. The van der Waals surface area contributed by atoms with Crippen molar-refractivity contribution in [2.24, 2.45) is 0 Å². The summed E-state index contributed by atoms with van der Waals surface area (Å²) in [4.78, 5) is 0.510. The van der Waals surface area contributed by atoms with E-state index >= 15 is 0 Å². The molecule has 5 nitrogen and oxygen atoms in total. The standard InChI is InChI=1S/C12H9N3O2/c16-10-7-6-9-12(14-15(17)13-9)11(10)8-4-2-1-3-5-8/h1-7,16-17H. The van der Waals surface area contributed by atoms with Crippen LogP contribution in [0.1, 0.15) is 0 Å². The van der Waals surface area contributed by atoms with E-state index in [0.29, 0.717) is 21.6 Å². The van der Waals surface area contributed by atoms with E-state index in [2.05, 4.69) is 10.2 Å². The van der Waals surface area contributed by atoms with Gasteiger partial charge in [0, 0.05) is 0 Å². The van der Waals surface area contributed by atoms with Crippen LogP contribution in [0, 0.1) is 0 Å². The second-order valence-electron chi connectivity index (χ2n) is 3.66. The van der Waals surface area contributed by atoms with Gasteiger partial charge < -0.3 is 10.3 Å². The fourth-order valence-corrected chi connectivity index (χ4v) is 1.85. The molecule has 3 rings (SSSR count). The molecule has 2 N–H and O–H groups in total. The van der Waals surface area contributed by atoms with Gasteiger partial charge in [-0.15, -0.1) is 10.2 Å². The first-order chi connectivity index (χ1) is 8.25. The molecule has 84 valence electrons. The van der Waals surface area contributed by atoms with Gasteiger partial charge in [0.2, 0.25) is 0 Å². The van der Waals surface area contributed by atoms with Crippen molar-refractivity contribution >= 4 is 11.0 Å². The van der Waals surface area contributed by atoms with Gasteiger partial charge in [-0.2, -0.15) is 0 Å². The lowest BCUT2D eigenvalue weighted by molar-refractivity contribution is 0.113. The molecule has 0 saturated heterocycles. The SMILES string of the molecule is Oc1ccc2nn(O)nc2c1-c1ccccc1. The summed E-state index contributed by atoms with van der Waals surface area (Å²) in [6, 6.07) is 12.5. The minimum Gasteiger partial charge on any atom is -0.507 e. The highest BCUT2D eigenvalue weighted by Crippen LogP contribution is 2.34. The molecule has 17 heavy (non-hydrogen) atoms. The molecule has 0 atom stereocenters. The second kappa shape index (κ2) is 3.48. The Balaban J connectivity index is 2.38. The van der Waals surface area contributed by atoms with Crippen LogP contribution >= 0.6 is 0 Å². The first-order valence-electron chi connectivity index (χ1n) is 5.09. The molecule has 0 aliphatic carbocycles. The average Bonchev–Trinajstić information content (AvgIpc) is 2.70. The number of aromatic nitrogens is 3. The van der Waals surface area contributed by atoms with E-state index in [1.807, 2.05) is 30.3 Å². The van der Waals surface area contributed by atoms with Crippen molar-refractivity contribution in [3.05, 3.63) is 42.5 Å². The molecular formula is C12H9N3O2. The number of benzene rings is 2. The van der Waals surface area contributed by atoms with Crippen molar-refractivity contribution in [3.8, 4) is 16.9 Å². The zero-order valence-corrected chi connectivity index (χ0v) is 8.78. The Morgan fingerprint density at radius 1 is 0.941 bits per heavy atom.